The van der Waals surface area contributed by atoms with Crippen molar-refractivity contribution in [2.45, 2.75) is 63.8 Å². The predicted octanol–water partition coefficient (Wildman–Crippen LogP) is 4.16. The molecule has 5 heteroatoms. The standard InChI is InChI=1S/C29H43N3O2/c33-19-20-2-1-9-32(18-20)29(34)23-3-5-27(6-4-23)31-10-7-26(8-11-31)30-17-28-24-13-21-12-22(15-24)16-25(28)14-21/h3-6,20-22,24-26,28,30,33H,1-2,7-19H2/t20-,21?,22?,24?,25?,28?/m1/s1. The number of piperidine rings is 2. The van der Waals surface area contributed by atoms with Crippen LogP contribution >= 0.6 is 0 Å². The minimum absolute atomic E-state index is 0.109. The summed E-state index contributed by atoms with van der Waals surface area (Å²) >= 11 is 0. The van der Waals surface area contributed by atoms with E-state index >= 15 is 0 Å². The molecule has 1 aromatic carbocycles. The van der Waals surface area contributed by atoms with Crippen molar-refractivity contribution >= 4 is 11.6 Å². The summed E-state index contributed by atoms with van der Waals surface area (Å²) in [4.78, 5) is 17.3. The lowest BCUT2D eigenvalue weighted by Crippen LogP contribution is -2.51. The van der Waals surface area contributed by atoms with Gasteiger partial charge in [-0.25, -0.2) is 0 Å². The molecule has 1 amide bonds. The third-order valence-electron chi connectivity index (χ3n) is 10.1. The Morgan fingerprint density at radius 3 is 2.24 bits per heavy atom. The van der Waals surface area contributed by atoms with Crippen molar-refractivity contribution in [1.29, 1.82) is 0 Å². The Labute approximate surface area is 205 Å². The Kier molecular flexibility index (Phi) is 6.59. The van der Waals surface area contributed by atoms with Crippen molar-refractivity contribution in [3.63, 3.8) is 0 Å². The smallest absolute Gasteiger partial charge is 0.253 e. The zero-order valence-electron chi connectivity index (χ0n) is 20.7. The minimum atomic E-state index is 0.109. The summed E-state index contributed by atoms with van der Waals surface area (Å²) < 4.78 is 0. The number of likely N-dealkylation sites (tertiary alicyclic amines) is 1. The number of hydrogen-bond donors (Lipinski definition) is 2. The monoisotopic (exact) mass is 465 g/mol. The van der Waals surface area contributed by atoms with Gasteiger partial charge in [-0.2, -0.15) is 0 Å². The number of aliphatic hydroxyl groups is 1. The van der Waals surface area contributed by atoms with Crippen LogP contribution in [0.4, 0.5) is 5.69 Å². The topological polar surface area (TPSA) is 55.8 Å². The van der Waals surface area contributed by atoms with Gasteiger partial charge in [-0.05, 0) is 124 Å². The van der Waals surface area contributed by atoms with Crippen molar-refractivity contribution in [3.8, 4) is 0 Å². The number of aliphatic hydroxyl groups excluding tert-OH is 1. The Hall–Kier alpha value is -1.59. The van der Waals surface area contributed by atoms with Gasteiger partial charge in [-0.1, -0.05) is 0 Å². The Morgan fingerprint density at radius 1 is 0.912 bits per heavy atom. The Morgan fingerprint density at radius 2 is 1.59 bits per heavy atom. The highest BCUT2D eigenvalue weighted by molar-refractivity contribution is 5.94. The first-order valence-corrected chi connectivity index (χ1v) is 14.1. The molecule has 6 fully saturated rings. The van der Waals surface area contributed by atoms with Crippen LogP contribution < -0.4 is 10.2 Å². The van der Waals surface area contributed by atoms with Crippen molar-refractivity contribution < 1.29 is 9.90 Å². The highest BCUT2D eigenvalue weighted by Gasteiger charge is 2.47. The van der Waals surface area contributed by atoms with Crippen LogP contribution in [0.1, 0.15) is 68.1 Å². The Bertz CT molecular complexity index is 819. The average Bonchev–Trinajstić information content (AvgIpc) is 2.88. The molecule has 34 heavy (non-hydrogen) atoms. The van der Waals surface area contributed by atoms with Gasteiger partial charge in [0.25, 0.3) is 5.91 Å². The van der Waals surface area contributed by atoms with E-state index in [9.17, 15) is 9.90 Å². The minimum Gasteiger partial charge on any atom is -0.396 e. The molecule has 2 saturated heterocycles. The second kappa shape index (κ2) is 9.81. The van der Waals surface area contributed by atoms with E-state index in [1.165, 1.54) is 50.8 Å². The number of nitrogens with zero attached hydrogens (tertiary/aromatic N) is 2. The number of amides is 1. The van der Waals surface area contributed by atoms with E-state index in [0.717, 1.165) is 67.6 Å². The van der Waals surface area contributed by atoms with Crippen LogP contribution in [0.25, 0.3) is 0 Å². The van der Waals surface area contributed by atoms with E-state index in [0.29, 0.717) is 12.6 Å². The molecule has 7 rings (SSSR count). The maximum absolute atomic E-state index is 12.9. The third-order valence-corrected chi connectivity index (χ3v) is 10.1. The van der Waals surface area contributed by atoms with Crippen LogP contribution in [0.2, 0.25) is 0 Å². The molecule has 2 N–H and O–H groups in total. The van der Waals surface area contributed by atoms with Crippen molar-refractivity contribution in [2.75, 3.05) is 44.2 Å². The molecule has 2 aliphatic heterocycles. The maximum atomic E-state index is 12.9. The first-order chi connectivity index (χ1) is 16.7. The Balaban J connectivity index is 0.976. The van der Waals surface area contributed by atoms with Gasteiger partial charge in [0.05, 0.1) is 0 Å². The molecule has 4 bridgehead atoms. The SMILES string of the molecule is O=C(c1ccc(N2CCC(NCC3C4CC5CC(C4)CC3C5)CC2)cc1)N1CCC[C@@H](CO)C1. The molecule has 2 heterocycles. The van der Waals surface area contributed by atoms with Crippen LogP contribution in [-0.4, -0.2) is 61.3 Å². The van der Waals surface area contributed by atoms with Crippen molar-refractivity contribution in [3.05, 3.63) is 29.8 Å². The third kappa shape index (κ3) is 4.63. The molecule has 6 aliphatic rings. The molecule has 0 spiro atoms. The number of carbonyl (C=O) groups excluding carboxylic acids is 1. The molecule has 0 radical (unpaired) electrons. The van der Waals surface area contributed by atoms with Crippen LogP contribution in [0.5, 0.6) is 0 Å². The summed E-state index contributed by atoms with van der Waals surface area (Å²) in [6.45, 7) is 5.11. The van der Waals surface area contributed by atoms with Crippen LogP contribution in [0, 0.1) is 35.5 Å². The molecule has 4 aliphatic carbocycles. The lowest BCUT2D eigenvalue weighted by atomic mass is 9.52. The summed E-state index contributed by atoms with van der Waals surface area (Å²) in [5.74, 6) is 5.46. The van der Waals surface area contributed by atoms with Crippen LogP contribution in [0.15, 0.2) is 24.3 Å². The molecule has 186 valence electrons. The largest absolute Gasteiger partial charge is 0.396 e. The van der Waals surface area contributed by atoms with Gasteiger partial charge in [-0.3, -0.25) is 4.79 Å². The van der Waals surface area contributed by atoms with Gasteiger partial charge in [0.2, 0.25) is 0 Å². The zero-order chi connectivity index (χ0) is 23.1. The zero-order valence-corrected chi connectivity index (χ0v) is 20.7. The predicted molar refractivity (Wildman–Crippen MR) is 136 cm³/mol. The van der Waals surface area contributed by atoms with Crippen molar-refractivity contribution in [2.24, 2.45) is 35.5 Å². The molecule has 5 nitrogen and oxygen atoms in total. The fourth-order valence-electron chi connectivity index (χ4n) is 8.41. The van der Waals surface area contributed by atoms with E-state index in [4.69, 9.17) is 0 Å². The highest BCUT2D eigenvalue weighted by atomic mass is 16.3. The molecule has 0 unspecified atom stereocenters. The summed E-state index contributed by atoms with van der Waals surface area (Å²) in [6.07, 6.45) is 12.1. The molecule has 1 aromatic rings. The second-order valence-corrected chi connectivity index (χ2v) is 12.3. The highest BCUT2D eigenvalue weighted by Crippen LogP contribution is 2.56. The van der Waals surface area contributed by atoms with E-state index in [2.05, 4.69) is 22.3 Å². The van der Waals surface area contributed by atoms with Gasteiger partial charge in [0.15, 0.2) is 0 Å². The number of benzene rings is 1. The second-order valence-electron chi connectivity index (χ2n) is 12.3. The van der Waals surface area contributed by atoms with Gasteiger partial charge >= 0.3 is 0 Å². The average molecular weight is 466 g/mol. The van der Waals surface area contributed by atoms with Crippen molar-refractivity contribution in [1.82, 2.24) is 10.2 Å². The number of nitrogens with one attached hydrogen (secondary N) is 1. The number of carbonyl (C=O) groups is 1. The van der Waals surface area contributed by atoms with Gasteiger partial charge in [-0.15, -0.1) is 0 Å². The lowest BCUT2D eigenvalue weighted by molar-refractivity contribution is -0.0365. The first kappa shape index (κ1) is 22.8. The van der Waals surface area contributed by atoms with Crippen LogP contribution in [-0.2, 0) is 0 Å². The normalized spacial score (nSPS) is 35.7. The fourth-order valence-corrected chi connectivity index (χ4v) is 8.41. The van der Waals surface area contributed by atoms with Gasteiger partial charge < -0.3 is 20.2 Å². The molecule has 4 saturated carbocycles. The van der Waals surface area contributed by atoms with Gasteiger partial charge in [0, 0.05) is 50.1 Å². The summed E-state index contributed by atoms with van der Waals surface area (Å²) in [5, 5.41) is 13.5. The molecule has 0 aromatic heterocycles. The quantitative estimate of drug-likeness (QED) is 0.662. The van der Waals surface area contributed by atoms with Crippen LogP contribution in [0.3, 0.4) is 0 Å². The number of anilines is 1. The molecule has 1 atom stereocenters. The number of hydrogen-bond acceptors (Lipinski definition) is 4. The van der Waals surface area contributed by atoms with Gasteiger partial charge in [0.1, 0.15) is 0 Å². The summed E-state index contributed by atoms with van der Waals surface area (Å²) in [7, 11) is 0. The molecular formula is C29H43N3O2. The van der Waals surface area contributed by atoms with E-state index in [1.807, 2.05) is 17.0 Å². The van der Waals surface area contributed by atoms with E-state index < -0.39 is 0 Å². The number of rotatable bonds is 6. The maximum Gasteiger partial charge on any atom is 0.253 e. The first-order valence-electron chi connectivity index (χ1n) is 14.1. The lowest BCUT2D eigenvalue weighted by Gasteiger charge is -2.54. The summed E-state index contributed by atoms with van der Waals surface area (Å²) in [5.41, 5.74) is 2.01. The molecular weight excluding hydrogens is 422 g/mol. The summed E-state index contributed by atoms with van der Waals surface area (Å²) in [6, 6.07) is 8.91. The fraction of sp³-hybridized carbons (Fsp3) is 0.759. The van der Waals surface area contributed by atoms with E-state index in [1.54, 1.807) is 6.42 Å². The van der Waals surface area contributed by atoms with E-state index in [-0.39, 0.29) is 18.4 Å².